The van der Waals surface area contributed by atoms with Gasteiger partial charge in [0.05, 0.1) is 6.04 Å². The third-order valence-electron chi connectivity index (χ3n) is 5.81. The van der Waals surface area contributed by atoms with Gasteiger partial charge in [-0.3, -0.25) is 9.59 Å². The molecular formula is C21H28F3N3O2. The van der Waals surface area contributed by atoms with Crippen LogP contribution in [0.15, 0.2) is 12.1 Å². The van der Waals surface area contributed by atoms with Crippen LogP contribution in [0.25, 0.3) is 0 Å². The molecule has 160 valence electrons. The third-order valence-corrected chi connectivity index (χ3v) is 5.81. The van der Waals surface area contributed by atoms with Gasteiger partial charge in [0, 0.05) is 50.5 Å². The highest BCUT2D eigenvalue weighted by molar-refractivity contribution is 5.79. The molecule has 2 aliphatic heterocycles. The largest absolute Gasteiger partial charge is 0.340 e. The van der Waals surface area contributed by atoms with E-state index in [-0.39, 0.29) is 48.1 Å². The number of hydrogen-bond acceptors (Lipinski definition) is 3. The molecule has 1 aromatic rings. The lowest BCUT2D eigenvalue weighted by Gasteiger charge is -2.26. The second kappa shape index (κ2) is 8.73. The molecule has 3 atom stereocenters. The zero-order valence-electron chi connectivity index (χ0n) is 16.8. The Morgan fingerprint density at radius 3 is 2.45 bits per heavy atom. The van der Waals surface area contributed by atoms with Gasteiger partial charge in [0.1, 0.15) is 5.82 Å². The van der Waals surface area contributed by atoms with Gasteiger partial charge in [-0.15, -0.1) is 0 Å². The van der Waals surface area contributed by atoms with E-state index < -0.39 is 23.5 Å². The van der Waals surface area contributed by atoms with Crippen molar-refractivity contribution in [3.8, 4) is 0 Å². The normalized spacial score (nSPS) is 22.3. The Bertz CT molecular complexity index is 787. The Labute approximate surface area is 169 Å². The van der Waals surface area contributed by atoms with Gasteiger partial charge in [-0.1, -0.05) is 13.8 Å². The van der Waals surface area contributed by atoms with Crippen LogP contribution < -0.4 is 5.73 Å². The van der Waals surface area contributed by atoms with Crippen molar-refractivity contribution in [2.24, 2.45) is 17.6 Å². The Balaban J connectivity index is 1.57. The minimum Gasteiger partial charge on any atom is -0.340 e. The number of nitrogens with zero attached hydrogens (tertiary/aromatic N) is 2. The summed E-state index contributed by atoms with van der Waals surface area (Å²) < 4.78 is 40.2. The summed E-state index contributed by atoms with van der Waals surface area (Å²) in [5.41, 5.74) is 5.96. The van der Waals surface area contributed by atoms with E-state index in [1.807, 2.05) is 18.7 Å². The first-order chi connectivity index (χ1) is 13.7. The van der Waals surface area contributed by atoms with Crippen molar-refractivity contribution in [2.75, 3.05) is 19.6 Å². The molecule has 1 aromatic carbocycles. The van der Waals surface area contributed by atoms with Crippen molar-refractivity contribution in [3.05, 3.63) is 35.1 Å². The minimum atomic E-state index is -1.25. The number of fused-ring (bicyclic) bond motifs is 1. The Morgan fingerprint density at radius 1 is 1.07 bits per heavy atom. The van der Waals surface area contributed by atoms with Crippen LogP contribution in [-0.4, -0.2) is 53.3 Å². The van der Waals surface area contributed by atoms with Gasteiger partial charge in [-0.2, -0.15) is 0 Å². The van der Waals surface area contributed by atoms with Gasteiger partial charge >= 0.3 is 0 Å². The van der Waals surface area contributed by atoms with Crippen LogP contribution in [0.1, 0.15) is 38.7 Å². The lowest BCUT2D eigenvalue weighted by atomic mass is 10.0. The van der Waals surface area contributed by atoms with Crippen LogP contribution in [0.3, 0.4) is 0 Å². The highest BCUT2D eigenvalue weighted by atomic mass is 19.2. The fraction of sp³-hybridized carbons (Fsp3) is 0.619. The van der Waals surface area contributed by atoms with E-state index in [1.165, 1.54) is 0 Å². The first-order valence-corrected chi connectivity index (χ1v) is 10.1. The number of halogens is 3. The van der Waals surface area contributed by atoms with E-state index in [4.69, 9.17) is 5.73 Å². The van der Waals surface area contributed by atoms with Crippen molar-refractivity contribution in [3.63, 3.8) is 0 Å². The molecule has 8 heteroatoms. The van der Waals surface area contributed by atoms with E-state index in [9.17, 15) is 22.8 Å². The van der Waals surface area contributed by atoms with Crippen LogP contribution in [0.2, 0.25) is 0 Å². The van der Waals surface area contributed by atoms with Gasteiger partial charge in [-0.25, -0.2) is 13.2 Å². The molecule has 2 N–H and O–H groups in total. The molecule has 5 nitrogen and oxygen atoms in total. The number of carbonyl (C=O) groups is 2. The number of rotatable bonds is 6. The summed E-state index contributed by atoms with van der Waals surface area (Å²) in [5, 5.41) is 0. The standard InChI is InChI=1S/C21H28F3N3O2/c1-12(2)5-20(28)26-10-13-3-4-27(19(13)11-26)21(29)8-15(25)6-14-7-17(23)18(24)9-16(14)22/h7,9,12-13,15,19H,3-6,8,10-11,25H2,1-2H3/t13-,15?,19+/m0/s1. The second-order valence-electron chi connectivity index (χ2n) is 8.63. The zero-order valence-corrected chi connectivity index (χ0v) is 16.8. The molecule has 1 unspecified atom stereocenters. The highest BCUT2D eigenvalue weighted by Crippen LogP contribution is 2.32. The number of benzene rings is 1. The fourth-order valence-electron chi connectivity index (χ4n) is 4.37. The summed E-state index contributed by atoms with van der Waals surface area (Å²) in [6, 6.07) is 0.563. The van der Waals surface area contributed by atoms with E-state index in [0.717, 1.165) is 12.5 Å². The van der Waals surface area contributed by atoms with Gasteiger partial charge in [0.2, 0.25) is 11.8 Å². The predicted molar refractivity (Wildman–Crippen MR) is 102 cm³/mol. The molecule has 2 amide bonds. The molecule has 2 aliphatic rings. The molecule has 0 radical (unpaired) electrons. The lowest BCUT2D eigenvalue weighted by molar-refractivity contribution is -0.135. The van der Waals surface area contributed by atoms with Crippen molar-refractivity contribution in [1.29, 1.82) is 0 Å². The summed E-state index contributed by atoms with van der Waals surface area (Å²) >= 11 is 0. The average Bonchev–Trinajstić information content (AvgIpc) is 3.19. The summed E-state index contributed by atoms with van der Waals surface area (Å²) in [6.07, 6.45) is 1.27. The number of amides is 2. The minimum absolute atomic E-state index is 0.00851. The lowest BCUT2D eigenvalue weighted by Crippen LogP contribution is -2.43. The van der Waals surface area contributed by atoms with Crippen LogP contribution in [0, 0.1) is 29.3 Å². The number of likely N-dealkylation sites (tertiary alicyclic amines) is 2. The average molecular weight is 411 g/mol. The van der Waals surface area contributed by atoms with E-state index >= 15 is 0 Å². The first-order valence-electron chi connectivity index (χ1n) is 10.1. The predicted octanol–water partition coefficient (Wildman–Crippen LogP) is 2.47. The maximum atomic E-state index is 13.8. The molecule has 3 rings (SSSR count). The molecule has 2 saturated heterocycles. The third kappa shape index (κ3) is 4.91. The maximum Gasteiger partial charge on any atom is 0.224 e. The summed E-state index contributed by atoms with van der Waals surface area (Å²) in [4.78, 5) is 28.7. The summed E-state index contributed by atoms with van der Waals surface area (Å²) in [6.45, 7) is 5.83. The van der Waals surface area contributed by atoms with Gasteiger partial charge in [0.25, 0.3) is 0 Å². The molecule has 0 aromatic heterocycles. The first kappa shape index (κ1) is 21.6. The van der Waals surface area contributed by atoms with E-state index in [0.29, 0.717) is 32.1 Å². The van der Waals surface area contributed by atoms with E-state index in [1.54, 1.807) is 4.90 Å². The molecule has 29 heavy (non-hydrogen) atoms. The molecule has 0 saturated carbocycles. The van der Waals surface area contributed by atoms with Crippen LogP contribution >= 0.6 is 0 Å². The van der Waals surface area contributed by atoms with Gasteiger partial charge in [-0.05, 0) is 30.4 Å². The van der Waals surface area contributed by atoms with Crippen LogP contribution in [-0.2, 0) is 16.0 Å². The Morgan fingerprint density at radius 2 is 1.76 bits per heavy atom. The summed E-state index contributed by atoms with van der Waals surface area (Å²) in [5.74, 6) is -2.73. The Hall–Kier alpha value is -2.09. The molecule has 0 aliphatic carbocycles. The highest BCUT2D eigenvalue weighted by Gasteiger charge is 2.44. The molecular weight excluding hydrogens is 383 g/mol. The molecule has 0 spiro atoms. The Kier molecular flexibility index (Phi) is 6.51. The SMILES string of the molecule is CC(C)CC(=O)N1C[C@@H]2CCN(C(=O)CC(N)Cc3cc(F)c(F)cc3F)[C@@H]2C1. The van der Waals surface area contributed by atoms with Crippen LogP contribution in [0.4, 0.5) is 13.2 Å². The molecule has 2 fully saturated rings. The van der Waals surface area contributed by atoms with Gasteiger partial charge < -0.3 is 15.5 Å². The number of hydrogen-bond donors (Lipinski definition) is 1. The monoisotopic (exact) mass is 411 g/mol. The second-order valence-corrected chi connectivity index (χ2v) is 8.63. The maximum absolute atomic E-state index is 13.8. The topological polar surface area (TPSA) is 66.6 Å². The van der Waals surface area contributed by atoms with Crippen molar-refractivity contribution >= 4 is 11.8 Å². The van der Waals surface area contributed by atoms with Gasteiger partial charge in [0.15, 0.2) is 11.6 Å². The van der Waals surface area contributed by atoms with E-state index in [2.05, 4.69) is 0 Å². The van der Waals surface area contributed by atoms with Crippen LogP contribution in [0.5, 0.6) is 0 Å². The fourth-order valence-corrected chi connectivity index (χ4v) is 4.37. The number of nitrogens with two attached hydrogens (primary N) is 1. The van der Waals surface area contributed by atoms with Crippen molar-refractivity contribution in [1.82, 2.24) is 9.80 Å². The molecule has 2 heterocycles. The smallest absolute Gasteiger partial charge is 0.224 e. The quantitative estimate of drug-likeness (QED) is 0.732. The van der Waals surface area contributed by atoms with Crippen molar-refractivity contribution < 1.29 is 22.8 Å². The number of carbonyl (C=O) groups excluding carboxylic acids is 2. The summed E-state index contributed by atoms with van der Waals surface area (Å²) in [7, 11) is 0. The zero-order chi connectivity index (χ0) is 21.3. The van der Waals surface area contributed by atoms with Crippen molar-refractivity contribution in [2.45, 2.75) is 51.6 Å². The molecule has 0 bridgehead atoms.